The quantitative estimate of drug-likeness (QED) is 0.266. The molecule has 1 heterocycles. The Bertz CT molecular complexity index is 290. The Morgan fingerprint density at radius 3 is 2.22 bits per heavy atom. The summed E-state index contributed by atoms with van der Waals surface area (Å²) in [5.74, 6) is 0. The minimum absolute atomic E-state index is 0.0858. The number of ether oxygens (including phenoxy) is 2. The molecule has 1 atom stereocenters. The molecule has 2 nitrogen and oxygen atoms in total. The van der Waals surface area contributed by atoms with Crippen molar-refractivity contribution in [2.45, 2.75) is 96.7 Å². The first kappa shape index (κ1) is 20.4. The standard InChI is InChI=1S/C21H38O2/c1-2-3-4-5-6-7-8-9-10-11-12-13-14-16-19-22-21-18-15-17-20-23-21/h5-6,9-10,21H,2-4,7-8,11-20H2,1H3/b6-5-,10-9-. The molecule has 0 spiro atoms. The summed E-state index contributed by atoms with van der Waals surface area (Å²) in [6.07, 6.45) is 25.5. The number of hydrogen-bond donors (Lipinski definition) is 0. The molecule has 0 aliphatic carbocycles. The van der Waals surface area contributed by atoms with Gasteiger partial charge in [-0.2, -0.15) is 0 Å². The second-order valence-corrected chi connectivity index (χ2v) is 6.53. The van der Waals surface area contributed by atoms with Crippen LogP contribution in [0, 0.1) is 0 Å². The van der Waals surface area contributed by atoms with Gasteiger partial charge in [0.15, 0.2) is 6.29 Å². The topological polar surface area (TPSA) is 18.5 Å². The lowest BCUT2D eigenvalue weighted by molar-refractivity contribution is -0.162. The first-order valence-corrected chi connectivity index (χ1v) is 9.96. The summed E-state index contributed by atoms with van der Waals surface area (Å²) in [4.78, 5) is 0. The van der Waals surface area contributed by atoms with Crippen molar-refractivity contribution < 1.29 is 9.47 Å². The van der Waals surface area contributed by atoms with Crippen LogP contribution in [0.15, 0.2) is 24.3 Å². The molecule has 0 saturated carbocycles. The van der Waals surface area contributed by atoms with Crippen LogP contribution in [0.1, 0.15) is 90.4 Å². The first-order valence-electron chi connectivity index (χ1n) is 9.96. The monoisotopic (exact) mass is 322 g/mol. The summed E-state index contributed by atoms with van der Waals surface area (Å²) < 4.78 is 11.3. The highest BCUT2D eigenvalue weighted by Crippen LogP contribution is 2.14. The molecule has 0 N–H and O–H groups in total. The number of rotatable bonds is 14. The lowest BCUT2D eigenvalue weighted by atomic mass is 10.1. The van der Waals surface area contributed by atoms with Crippen molar-refractivity contribution in [1.82, 2.24) is 0 Å². The van der Waals surface area contributed by atoms with Crippen LogP contribution in [0.2, 0.25) is 0 Å². The van der Waals surface area contributed by atoms with Gasteiger partial charge < -0.3 is 9.47 Å². The third kappa shape index (κ3) is 13.5. The van der Waals surface area contributed by atoms with Gasteiger partial charge in [-0.1, -0.05) is 56.9 Å². The molecular weight excluding hydrogens is 284 g/mol. The molecular formula is C21H38O2. The van der Waals surface area contributed by atoms with Gasteiger partial charge in [0.25, 0.3) is 0 Å². The van der Waals surface area contributed by atoms with E-state index in [9.17, 15) is 0 Å². The van der Waals surface area contributed by atoms with Gasteiger partial charge in [-0.15, -0.1) is 0 Å². The predicted octanol–water partition coefficient (Wildman–Crippen LogP) is 6.56. The molecule has 1 aliphatic heterocycles. The van der Waals surface area contributed by atoms with E-state index >= 15 is 0 Å². The SMILES string of the molecule is CCCC/C=C\CC/C=C\CCCCCCOC1CCCCO1. The van der Waals surface area contributed by atoms with Crippen molar-refractivity contribution in [3.05, 3.63) is 24.3 Å². The predicted molar refractivity (Wildman–Crippen MR) is 99.7 cm³/mol. The summed E-state index contributed by atoms with van der Waals surface area (Å²) in [6, 6.07) is 0. The lowest BCUT2D eigenvalue weighted by Gasteiger charge is -2.22. The van der Waals surface area contributed by atoms with E-state index in [0.29, 0.717) is 0 Å². The second-order valence-electron chi connectivity index (χ2n) is 6.53. The molecule has 0 bridgehead atoms. The maximum Gasteiger partial charge on any atom is 0.157 e. The van der Waals surface area contributed by atoms with E-state index in [0.717, 1.165) is 19.6 Å². The van der Waals surface area contributed by atoms with Crippen molar-refractivity contribution in [2.24, 2.45) is 0 Å². The molecule has 1 rings (SSSR count). The summed E-state index contributed by atoms with van der Waals surface area (Å²) in [6.45, 7) is 3.99. The van der Waals surface area contributed by atoms with E-state index < -0.39 is 0 Å². The largest absolute Gasteiger partial charge is 0.353 e. The van der Waals surface area contributed by atoms with Crippen molar-refractivity contribution in [1.29, 1.82) is 0 Å². The lowest BCUT2D eigenvalue weighted by Crippen LogP contribution is -2.22. The van der Waals surface area contributed by atoms with Crippen molar-refractivity contribution in [3.63, 3.8) is 0 Å². The maximum absolute atomic E-state index is 5.75. The Morgan fingerprint density at radius 2 is 1.52 bits per heavy atom. The number of hydrogen-bond acceptors (Lipinski definition) is 2. The van der Waals surface area contributed by atoms with Crippen molar-refractivity contribution in [2.75, 3.05) is 13.2 Å². The van der Waals surface area contributed by atoms with E-state index in [1.807, 2.05) is 0 Å². The molecule has 0 radical (unpaired) electrons. The molecule has 0 aromatic heterocycles. The Morgan fingerprint density at radius 1 is 0.826 bits per heavy atom. The minimum atomic E-state index is 0.0858. The molecule has 1 aliphatic rings. The van der Waals surface area contributed by atoms with Crippen LogP contribution in [-0.4, -0.2) is 19.5 Å². The van der Waals surface area contributed by atoms with Gasteiger partial charge in [0.05, 0.1) is 0 Å². The molecule has 134 valence electrons. The van der Waals surface area contributed by atoms with Gasteiger partial charge in [-0.25, -0.2) is 0 Å². The Balaban J connectivity index is 1.77. The number of unbranched alkanes of at least 4 members (excludes halogenated alkanes) is 7. The summed E-state index contributed by atoms with van der Waals surface area (Å²) >= 11 is 0. The van der Waals surface area contributed by atoms with Crippen LogP contribution in [0.25, 0.3) is 0 Å². The summed E-state index contributed by atoms with van der Waals surface area (Å²) in [7, 11) is 0. The third-order valence-corrected chi connectivity index (χ3v) is 4.26. The Kier molecular flexibility index (Phi) is 14.5. The minimum Gasteiger partial charge on any atom is -0.353 e. The molecule has 0 amide bonds. The van der Waals surface area contributed by atoms with Crippen LogP contribution in [0.5, 0.6) is 0 Å². The third-order valence-electron chi connectivity index (χ3n) is 4.26. The van der Waals surface area contributed by atoms with Crippen LogP contribution >= 0.6 is 0 Å². The zero-order chi connectivity index (χ0) is 16.4. The van der Waals surface area contributed by atoms with Gasteiger partial charge in [0.2, 0.25) is 0 Å². The first-order chi connectivity index (χ1) is 11.4. The van der Waals surface area contributed by atoms with Gasteiger partial charge in [0.1, 0.15) is 0 Å². The molecule has 0 aromatic carbocycles. The molecule has 0 aromatic rings. The highest BCUT2D eigenvalue weighted by molar-refractivity contribution is 4.87. The van der Waals surface area contributed by atoms with Gasteiger partial charge in [-0.3, -0.25) is 0 Å². The summed E-state index contributed by atoms with van der Waals surface area (Å²) in [5, 5.41) is 0. The van der Waals surface area contributed by atoms with E-state index in [2.05, 4.69) is 31.2 Å². The zero-order valence-electron chi connectivity index (χ0n) is 15.3. The van der Waals surface area contributed by atoms with Crippen LogP contribution in [-0.2, 0) is 9.47 Å². The fraction of sp³-hybridized carbons (Fsp3) is 0.810. The van der Waals surface area contributed by atoms with Crippen LogP contribution in [0.3, 0.4) is 0 Å². The Hall–Kier alpha value is -0.600. The molecule has 1 unspecified atom stereocenters. The maximum atomic E-state index is 5.75. The number of allylic oxidation sites excluding steroid dienone is 4. The van der Waals surface area contributed by atoms with Crippen LogP contribution < -0.4 is 0 Å². The van der Waals surface area contributed by atoms with E-state index in [1.54, 1.807) is 0 Å². The van der Waals surface area contributed by atoms with Crippen molar-refractivity contribution >= 4 is 0 Å². The highest BCUT2D eigenvalue weighted by atomic mass is 16.7. The fourth-order valence-corrected chi connectivity index (χ4v) is 2.76. The fourth-order valence-electron chi connectivity index (χ4n) is 2.76. The molecule has 2 heteroatoms. The Labute approximate surface area is 144 Å². The van der Waals surface area contributed by atoms with Crippen molar-refractivity contribution in [3.8, 4) is 0 Å². The van der Waals surface area contributed by atoms with E-state index in [4.69, 9.17) is 9.47 Å². The van der Waals surface area contributed by atoms with E-state index in [-0.39, 0.29) is 6.29 Å². The smallest absolute Gasteiger partial charge is 0.157 e. The highest BCUT2D eigenvalue weighted by Gasteiger charge is 2.13. The second kappa shape index (κ2) is 16.3. The van der Waals surface area contributed by atoms with E-state index in [1.165, 1.54) is 77.0 Å². The normalized spacial score (nSPS) is 19.1. The molecule has 1 saturated heterocycles. The van der Waals surface area contributed by atoms with Gasteiger partial charge >= 0.3 is 0 Å². The van der Waals surface area contributed by atoms with Gasteiger partial charge in [-0.05, 0) is 57.8 Å². The zero-order valence-corrected chi connectivity index (χ0v) is 15.3. The summed E-state index contributed by atoms with van der Waals surface area (Å²) in [5.41, 5.74) is 0. The average molecular weight is 323 g/mol. The average Bonchev–Trinajstić information content (AvgIpc) is 2.59. The molecule has 23 heavy (non-hydrogen) atoms. The molecule has 1 fully saturated rings. The van der Waals surface area contributed by atoms with Crippen LogP contribution in [0.4, 0.5) is 0 Å². The van der Waals surface area contributed by atoms with Gasteiger partial charge in [0, 0.05) is 13.2 Å².